The number of hydrogen-bond acceptors (Lipinski definition) is 2. The average Bonchev–Trinajstić information content (AvgIpc) is 2.34. The lowest BCUT2D eigenvalue weighted by Gasteiger charge is -2.13. The number of nitrogens with zero attached hydrogens (tertiary/aromatic N) is 1. The molecule has 106 valence electrons. The van der Waals surface area contributed by atoms with Crippen LogP contribution in [0.4, 0.5) is 13.2 Å². The van der Waals surface area contributed by atoms with Crippen LogP contribution in [0, 0.1) is 13.8 Å². The number of hydrogen-bond donors (Lipinski definition) is 1. The van der Waals surface area contributed by atoms with Crippen molar-refractivity contribution in [2.45, 2.75) is 20.0 Å². The second-order valence-electron chi connectivity index (χ2n) is 4.31. The van der Waals surface area contributed by atoms with Gasteiger partial charge in [0.2, 0.25) is 0 Å². The Morgan fingerprint density at radius 2 is 1.90 bits per heavy atom. The van der Waals surface area contributed by atoms with Gasteiger partial charge in [-0.2, -0.15) is 13.2 Å². The molecule has 0 aliphatic heterocycles. The van der Waals surface area contributed by atoms with Crippen LogP contribution in [0.25, 0.3) is 11.4 Å². The van der Waals surface area contributed by atoms with E-state index in [0.717, 1.165) is 6.07 Å². The molecule has 2 rings (SSSR count). The molecule has 1 aromatic heterocycles. The van der Waals surface area contributed by atoms with Crippen molar-refractivity contribution in [3.05, 3.63) is 49.8 Å². The Bertz CT molecular complexity index is 723. The first-order valence-corrected chi connectivity index (χ1v) is 6.44. The topological polar surface area (TPSA) is 45.8 Å². The van der Waals surface area contributed by atoms with Gasteiger partial charge in [-0.25, -0.2) is 4.98 Å². The van der Waals surface area contributed by atoms with Gasteiger partial charge < -0.3 is 4.98 Å². The molecule has 1 N–H and O–H groups in total. The fourth-order valence-electron chi connectivity index (χ4n) is 1.73. The van der Waals surface area contributed by atoms with E-state index in [2.05, 4.69) is 25.9 Å². The Labute approximate surface area is 121 Å². The Balaban J connectivity index is 2.74. The fourth-order valence-corrected chi connectivity index (χ4v) is 2.09. The molecule has 0 unspecified atom stereocenters. The summed E-state index contributed by atoms with van der Waals surface area (Å²) in [6, 6.07) is 3.71. The molecule has 0 radical (unpaired) electrons. The number of aromatic amines is 1. The summed E-state index contributed by atoms with van der Waals surface area (Å²) in [5, 5.41) is 0. The van der Waals surface area contributed by atoms with Gasteiger partial charge in [0.25, 0.3) is 5.56 Å². The van der Waals surface area contributed by atoms with Crippen LogP contribution in [0.5, 0.6) is 0 Å². The van der Waals surface area contributed by atoms with E-state index < -0.39 is 17.3 Å². The van der Waals surface area contributed by atoms with E-state index in [9.17, 15) is 18.0 Å². The second kappa shape index (κ2) is 5.05. The first-order chi connectivity index (χ1) is 9.20. The monoisotopic (exact) mass is 346 g/mol. The largest absolute Gasteiger partial charge is 0.417 e. The third-order valence-electron chi connectivity index (χ3n) is 2.94. The molecule has 0 bridgehead atoms. The zero-order valence-electron chi connectivity index (χ0n) is 10.6. The first-order valence-electron chi connectivity index (χ1n) is 5.65. The first kappa shape index (κ1) is 14.8. The second-order valence-corrected chi connectivity index (χ2v) is 5.23. The van der Waals surface area contributed by atoms with Crippen LogP contribution in [0.15, 0.2) is 27.5 Å². The van der Waals surface area contributed by atoms with Crippen molar-refractivity contribution in [1.29, 1.82) is 0 Å². The van der Waals surface area contributed by atoms with Crippen LogP contribution >= 0.6 is 15.9 Å². The number of halogens is 4. The van der Waals surface area contributed by atoms with Gasteiger partial charge in [0.05, 0.1) is 5.56 Å². The Kier molecular flexibility index (Phi) is 3.73. The standard InChI is InChI=1S/C13H10BrF3N2O/c1-6-7(2)18-11(19-12(6)20)9-4-3-8(14)5-10(9)13(15,16)17/h3-5H,1-2H3,(H,18,19,20). The highest BCUT2D eigenvalue weighted by atomic mass is 79.9. The summed E-state index contributed by atoms with van der Waals surface area (Å²) >= 11 is 3.01. The Hall–Kier alpha value is -1.63. The van der Waals surface area contributed by atoms with E-state index in [1.165, 1.54) is 12.1 Å². The molecule has 0 saturated carbocycles. The number of aromatic nitrogens is 2. The highest BCUT2D eigenvalue weighted by molar-refractivity contribution is 9.10. The third-order valence-corrected chi connectivity index (χ3v) is 3.43. The van der Waals surface area contributed by atoms with E-state index in [1.54, 1.807) is 13.8 Å². The molecular weight excluding hydrogens is 337 g/mol. The molecular formula is C13H10BrF3N2O. The molecule has 0 aliphatic rings. The van der Waals surface area contributed by atoms with Crippen molar-refractivity contribution in [1.82, 2.24) is 9.97 Å². The summed E-state index contributed by atoms with van der Waals surface area (Å²) in [7, 11) is 0. The fraction of sp³-hybridized carbons (Fsp3) is 0.231. The van der Waals surface area contributed by atoms with Crippen LogP contribution in [0.2, 0.25) is 0 Å². The van der Waals surface area contributed by atoms with E-state index in [4.69, 9.17) is 0 Å². The summed E-state index contributed by atoms with van der Waals surface area (Å²) in [4.78, 5) is 18.1. The molecule has 0 amide bonds. The van der Waals surface area contributed by atoms with Crippen molar-refractivity contribution >= 4 is 15.9 Å². The van der Waals surface area contributed by atoms with Crippen LogP contribution < -0.4 is 5.56 Å². The quantitative estimate of drug-likeness (QED) is 0.852. The van der Waals surface area contributed by atoms with Crippen molar-refractivity contribution in [3.8, 4) is 11.4 Å². The van der Waals surface area contributed by atoms with Crippen LogP contribution in [0.1, 0.15) is 16.8 Å². The van der Waals surface area contributed by atoms with Crippen LogP contribution in [0.3, 0.4) is 0 Å². The maximum Gasteiger partial charge on any atom is 0.417 e. The zero-order valence-corrected chi connectivity index (χ0v) is 12.2. The van der Waals surface area contributed by atoms with Gasteiger partial charge in [0.1, 0.15) is 5.82 Å². The molecule has 1 heterocycles. The Morgan fingerprint density at radius 3 is 2.45 bits per heavy atom. The number of benzene rings is 1. The predicted octanol–water partition coefficient (Wildman–Crippen LogP) is 3.84. The molecule has 0 atom stereocenters. The van der Waals surface area contributed by atoms with Gasteiger partial charge in [-0.1, -0.05) is 15.9 Å². The molecule has 3 nitrogen and oxygen atoms in total. The minimum absolute atomic E-state index is 0.0853. The van der Waals surface area contributed by atoms with Crippen molar-refractivity contribution < 1.29 is 13.2 Å². The van der Waals surface area contributed by atoms with Crippen LogP contribution in [-0.2, 0) is 6.18 Å². The lowest BCUT2D eigenvalue weighted by atomic mass is 10.1. The lowest BCUT2D eigenvalue weighted by molar-refractivity contribution is -0.137. The van der Waals surface area contributed by atoms with Gasteiger partial charge in [-0.3, -0.25) is 4.79 Å². The number of alkyl halides is 3. The van der Waals surface area contributed by atoms with E-state index in [-0.39, 0.29) is 11.4 Å². The summed E-state index contributed by atoms with van der Waals surface area (Å²) in [6.07, 6.45) is -4.53. The molecule has 20 heavy (non-hydrogen) atoms. The van der Waals surface area contributed by atoms with E-state index in [0.29, 0.717) is 15.7 Å². The summed E-state index contributed by atoms with van der Waals surface area (Å²) < 4.78 is 39.5. The van der Waals surface area contributed by atoms with Crippen molar-refractivity contribution in [2.75, 3.05) is 0 Å². The van der Waals surface area contributed by atoms with Crippen molar-refractivity contribution in [2.24, 2.45) is 0 Å². The smallest absolute Gasteiger partial charge is 0.306 e. The molecule has 0 fully saturated rings. The molecule has 0 aliphatic carbocycles. The van der Waals surface area contributed by atoms with Crippen molar-refractivity contribution in [3.63, 3.8) is 0 Å². The summed E-state index contributed by atoms with van der Waals surface area (Å²) in [5.41, 5.74) is -0.651. The SMILES string of the molecule is Cc1nc(-c2ccc(Br)cc2C(F)(F)F)[nH]c(=O)c1C. The lowest BCUT2D eigenvalue weighted by Crippen LogP contribution is -2.16. The van der Waals surface area contributed by atoms with Gasteiger partial charge in [0, 0.05) is 21.3 Å². The maximum absolute atomic E-state index is 13.1. The number of aryl methyl sites for hydroxylation is 1. The molecule has 1 aromatic carbocycles. The zero-order chi connectivity index (χ0) is 15.1. The minimum atomic E-state index is -4.53. The molecule has 0 saturated heterocycles. The maximum atomic E-state index is 13.1. The molecule has 2 aromatic rings. The van der Waals surface area contributed by atoms with Gasteiger partial charge in [-0.15, -0.1) is 0 Å². The van der Waals surface area contributed by atoms with E-state index in [1.807, 2.05) is 0 Å². The van der Waals surface area contributed by atoms with E-state index >= 15 is 0 Å². The predicted molar refractivity (Wildman–Crippen MR) is 72.5 cm³/mol. The molecule has 7 heteroatoms. The summed E-state index contributed by atoms with van der Waals surface area (Å²) in [6.45, 7) is 3.15. The average molecular weight is 347 g/mol. The number of nitrogens with one attached hydrogen (secondary N) is 1. The Morgan fingerprint density at radius 1 is 1.25 bits per heavy atom. The van der Waals surface area contributed by atoms with Gasteiger partial charge in [0.15, 0.2) is 0 Å². The van der Waals surface area contributed by atoms with Gasteiger partial charge >= 0.3 is 6.18 Å². The number of H-pyrrole nitrogens is 1. The highest BCUT2D eigenvalue weighted by Crippen LogP contribution is 2.37. The summed E-state index contributed by atoms with van der Waals surface area (Å²) in [5.74, 6) is -0.0853. The molecule has 0 spiro atoms. The normalized spacial score (nSPS) is 11.7. The number of rotatable bonds is 1. The van der Waals surface area contributed by atoms with Crippen LogP contribution in [-0.4, -0.2) is 9.97 Å². The minimum Gasteiger partial charge on any atom is -0.306 e. The third kappa shape index (κ3) is 2.77. The van der Waals surface area contributed by atoms with Gasteiger partial charge in [-0.05, 0) is 32.0 Å². The highest BCUT2D eigenvalue weighted by Gasteiger charge is 2.34.